The number of nitrogens with zero attached hydrogens (tertiary/aromatic N) is 1. The highest BCUT2D eigenvalue weighted by atomic mass is 14.7. The van der Waals surface area contributed by atoms with Crippen LogP contribution in [-0.4, -0.2) is 13.3 Å². The molecule has 0 radical (unpaired) electrons. The molecule has 1 atom stereocenters. The second-order valence-corrected chi connectivity index (χ2v) is 1.62. The van der Waals surface area contributed by atoms with Crippen molar-refractivity contribution in [1.29, 1.82) is 0 Å². The van der Waals surface area contributed by atoms with Gasteiger partial charge in [-0.15, -0.1) is 6.58 Å². The summed E-state index contributed by atoms with van der Waals surface area (Å²) in [6, 6.07) is 0. The van der Waals surface area contributed by atoms with Crippen LogP contribution in [0.5, 0.6) is 0 Å². The fourth-order valence-corrected chi connectivity index (χ4v) is 0.278. The quantitative estimate of drug-likeness (QED) is 0.374. The molecule has 1 heteroatoms. The number of aliphatic imine (C=N–C) groups is 1. The molecule has 0 aromatic rings. The highest BCUT2D eigenvalue weighted by Gasteiger charge is 1.87. The first-order valence-corrected chi connectivity index (χ1v) is 2.36. The standard InChI is InChI=1S/C6H11N/c1-4-6(2)5-7-3/h4,6H,1,3,5H2,2H3. The molecule has 0 fully saturated rings. The molecule has 0 saturated heterocycles. The van der Waals surface area contributed by atoms with Crippen molar-refractivity contribution < 1.29 is 0 Å². The molecule has 0 aliphatic heterocycles. The zero-order valence-corrected chi connectivity index (χ0v) is 4.72. The molecule has 0 amide bonds. The zero-order chi connectivity index (χ0) is 5.70. The zero-order valence-electron chi connectivity index (χ0n) is 4.72. The molecule has 0 aromatic carbocycles. The molecule has 0 bridgehead atoms. The molecule has 7 heavy (non-hydrogen) atoms. The van der Waals surface area contributed by atoms with E-state index in [0.717, 1.165) is 6.54 Å². The molecule has 0 aliphatic carbocycles. The maximum Gasteiger partial charge on any atom is 0.0442 e. The molecule has 0 spiro atoms. The Balaban J connectivity index is 3.15. The Kier molecular flexibility index (Phi) is 3.29. The first-order valence-electron chi connectivity index (χ1n) is 2.36. The Hall–Kier alpha value is -0.590. The molecular formula is C6H11N. The third-order valence-electron chi connectivity index (χ3n) is 0.819. The first-order chi connectivity index (χ1) is 3.31. The first kappa shape index (κ1) is 6.41. The van der Waals surface area contributed by atoms with Crippen molar-refractivity contribution >= 4 is 6.72 Å². The van der Waals surface area contributed by atoms with Crippen molar-refractivity contribution in [2.75, 3.05) is 6.54 Å². The SMILES string of the molecule is C=CC(C)CN=C. The summed E-state index contributed by atoms with van der Waals surface area (Å²) in [5, 5.41) is 0. The molecule has 0 heterocycles. The van der Waals surface area contributed by atoms with Crippen LogP contribution in [0.1, 0.15) is 6.92 Å². The van der Waals surface area contributed by atoms with Gasteiger partial charge in [-0.05, 0) is 12.6 Å². The summed E-state index contributed by atoms with van der Waals surface area (Å²) >= 11 is 0. The van der Waals surface area contributed by atoms with E-state index in [2.05, 4.69) is 25.2 Å². The molecule has 1 unspecified atom stereocenters. The molecule has 1 nitrogen and oxygen atoms in total. The van der Waals surface area contributed by atoms with Crippen LogP contribution in [0.4, 0.5) is 0 Å². The van der Waals surface area contributed by atoms with Crippen molar-refractivity contribution in [2.45, 2.75) is 6.92 Å². The summed E-state index contributed by atoms with van der Waals surface area (Å²) in [5.41, 5.74) is 0. The van der Waals surface area contributed by atoms with Crippen LogP contribution in [-0.2, 0) is 0 Å². The summed E-state index contributed by atoms with van der Waals surface area (Å²) in [4.78, 5) is 3.69. The van der Waals surface area contributed by atoms with Crippen LogP contribution in [0, 0.1) is 5.92 Å². The van der Waals surface area contributed by atoms with Gasteiger partial charge in [-0.3, -0.25) is 0 Å². The van der Waals surface area contributed by atoms with Crippen molar-refractivity contribution in [2.24, 2.45) is 10.9 Å². The van der Waals surface area contributed by atoms with Crippen molar-refractivity contribution in [3.63, 3.8) is 0 Å². The fraction of sp³-hybridized carbons (Fsp3) is 0.500. The highest BCUT2D eigenvalue weighted by molar-refractivity contribution is 5.23. The maximum absolute atomic E-state index is 3.69. The lowest BCUT2D eigenvalue weighted by atomic mass is 10.2. The van der Waals surface area contributed by atoms with Gasteiger partial charge in [0.15, 0.2) is 0 Å². The molecule has 0 saturated carbocycles. The summed E-state index contributed by atoms with van der Waals surface area (Å²) in [7, 11) is 0. The minimum absolute atomic E-state index is 0.484. The average Bonchev–Trinajstić information content (AvgIpc) is 1.68. The van der Waals surface area contributed by atoms with Crippen LogP contribution in [0.3, 0.4) is 0 Å². The Morgan fingerprint density at radius 1 is 1.86 bits per heavy atom. The lowest BCUT2D eigenvalue weighted by Gasteiger charge is -1.95. The average molecular weight is 97.2 g/mol. The number of rotatable bonds is 3. The van der Waals surface area contributed by atoms with Gasteiger partial charge in [0.1, 0.15) is 0 Å². The van der Waals surface area contributed by atoms with Gasteiger partial charge < -0.3 is 4.99 Å². The second-order valence-electron chi connectivity index (χ2n) is 1.62. The van der Waals surface area contributed by atoms with E-state index < -0.39 is 0 Å². The van der Waals surface area contributed by atoms with Crippen molar-refractivity contribution in [3.8, 4) is 0 Å². The third kappa shape index (κ3) is 3.23. The van der Waals surface area contributed by atoms with Crippen molar-refractivity contribution in [1.82, 2.24) is 0 Å². The van der Waals surface area contributed by atoms with Crippen LogP contribution in [0.25, 0.3) is 0 Å². The number of hydrogen-bond donors (Lipinski definition) is 0. The summed E-state index contributed by atoms with van der Waals surface area (Å²) < 4.78 is 0. The van der Waals surface area contributed by atoms with E-state index in [0.29, 0.717) is 5.92 Å². The fourth-order valence-electron chi connectivity index (χ4n) is 0.278. The van der Waals surface area contributed by atoms with Gasteiger partial charge in [0.05, 0.1) is 0 Å². The van der Waals surface area contributed by atoms with Gasteiger partial charge in [0.25, 0.3) is 0 Å². The highest BCUT2D eigenvalue weighted by Crippen LogP contribution is 1.92. The minimum atomic E-state index is 0.484. The van der Waals surface area contributed by atoms with E-state index in [-0.39, 0.29) is 0 Å². The van der Waals surface area contributed by atoms with Gasteiger partial charge >= 0.3 is 0 Å². The second kappa shape index (κ2) is 3.59. The topological polar surface area (TPSA) is 12.4 Å². The van der Waals surface area contributed by atoms with Gasteiger partial charge in [-0.2, -0.15) is 0 Å². The lowest BCUT2D eigenvalue weighted by Crippen LogP contribution is -1.91. The van der Waals surface area contributed by atoms with E-state index >= 15 is 0 Å². The van der Waals surface area contributed by atoms with Crippen LogP contribution in [0.2, 0.25) is 0 Å². The van der Waals surface area contributed by atoms with Gasteiger partial charge in [0, 0.05) is 6.54 Å². The Bertz CT molecular complexity index is 66.6. The molecule has 0 aliphatic rings. The molecule has 0 rings (SSSR count). The Morgan fingerprint density at radius 3 is 2.57 bits per heavy atom. The van der Waals surface area contributed by atoms with E-state index in [1.165, 1.54) is 0 Å². The summed E-state index contributed by atoms with van der Waals surface area (Å²) in [6.45, 7) is 9.79. The Labute approximate surface area is 44.8 Å². The third-order valence-corrected chi connectivity index (χ3v) is 0.819. The maximum atomic E-state index is 3.69. The Morgan fingerprint density at radius 2 is 2.43 bits per heavy atom. The monoisotopic (exact) mass is 97.1 g/mol. The molecule has 0 aromatic heterocycles. The summed E-state index contributed by atoms with van der Waals surface area (Å²) in [6.07, 6.45) is 1.87. The van der Waals surface area contributed by atoms with Crippen LogP contribution in [0.15, 0.2) is 17.6 Å². The largest absolute Gasteiger partial charge is 0.300 e. The van der Waals surface area contributed by atoms with E-state index in [1.54, 1.807) is 0 Å². The molecular weight excluding hydrogens is 86.1 g/mol. The van der Waals surface area contributed by atoms with E-state index in [4.69, 9.17) is 0 Å². The van der Waals surface area contributed by atoms with E-state index in [9.17, 15) is 0 Å². The summed E-state index contributed by atoms with van der Waals surface area (Å²) in [5.74, 6) is 0.484. The van der Waals surface area contributed by atoms with Crippen LogP contribution < -0.4 is 0 Å². The van der Waals surface area contributed by atoms with E-state index in [1.807, 2.05) is 6.08 Å². The normalized spacial score (nSPS) is 12.7. The number of hydrogen-bond acceptors (Lipinski definition) is 1. The molecule has 0 N–H and O–H groups in total. The van der Waals surface area contributed by atoms with Gasteiger partial charge in [-0.25, -0.2) is 0 Å². The van der Waals surface area contributed by atoms with Gasteiger partial charge in [0.2, 0.25) is 0 Å². The predicted molar refractivity (Wildman–Crippen MR) is 33.8 cm³/mol. The molecule has 40 valence electrons. The predicted octanol–water partition coefficient (Wildman–Crippen LogP) is 1.51. The smallest absolute Gasteiger partial charge is 0.0442 e. The minimum Gasteiger partial charge on any atom is -0.300 e. The van der Waals surface area contributed by atoms with Crippen molar-refractivity contribution in [3.05, 3.63) is 12.7 Å². The van der Waals surface area contributed by atoms with Crippen LogP contribution >= 0.6 is 0 Å². The lowest BCUT2D eigenvalue weighted by molar-refractivity contribution is 0.747. The van der Waals surface area contributed by atoms with Gasteiger partial charge in [-0.1, -0.05) is 13.0 Å².